The van der Waals surface area contributed by atoms with Gasteiger partial charge in [0.1, 0.15) is 24.2 Å². The van der Waals surface area contributed by atoms with Gasteiger partial charge in [0.25, 0.3) is 0 Å². The summed E-state index contributed by atoms with van der Waals surface area (Å²) in [5.74, 6) is -6.16. The number of aliphatic imine (C=N–C) groups is 4. The van der Waals surface area contributed by atoms with E-state index in [0.29, 0.717) is 6.42 Å². The van der Waals surface area contributed by atoms with E-state index < -0.39 is 65.7 Å². The summed E-state index contributed by atoms with van der Waals surface area (Å²) < 4.78 is 0. The van der Waals surface area contributed by atoms with Crippen LogP contribution in [0.3, 0.4) is 0 Å². The molecule has 54 heavy (non-hydrogen) atoms. The molecule has 306 valence electrons. The van der Waals surface area contributed by atoms with Crippen LogP contribution in [0.1, 0.15) is 64.2 Å². The van der Waals surface area contributed by atoms with Gasteiger partial charge in [0, 0.05) is 32.6 Å². The molecular formula is C29H58N18O7. The lowest BCUT2D eigenvalue weighted by atomic mass is 10.0. The molecule has 5 amide bonds. The van der Waals surface area contributed by atoms with Gasteiger partial charge in [0.15, 0.2) is 23.8 Å². The fraction of sp³-hybridized carbons (Fsp3) is 0.655. The van der Waals surface area contributed by atoms with Gasteiger partial charge in [-0.05, 0) is 57.8 Å². The standard InChI is InChI=1S/C29H58N18O7/c30-15(5-1-11-40-26(32)33)21(49)44-16(6-2-12-41-27(34)35)22(50)45-17(7-3-13-42-28(36)37)23(51)46-18(8-4-14-43-29(38)39)24(52)47-19(25(53)54)9-10-20(31)48/h15-19H,1-14,30H2,(H2,31,48)(H,44,49)(H,45,50)(H,46,51)(H,47,52)(H,53,54)(H4,32,33,40)(H4,34,35,41)(H4,36,37,42)(H4,38,39,43)/t15-,16-,17-,18-,19-/m0/s1. The number of rotatable bonds is 28. The van der Waals surface area contributed by atoms with Crippen LogP contribution in [-0.4, -0.2) is 121 Å². The molecule has 0 fully saturated rings. The summed E-state index contributed by atoms with van der Waals surface area (Å²) in [4.78, 5) is 92.3. The number of guanidine groups is 4. The first-order valence-electron chi connectivity index (χ1n) is 17.0. The molecule has 0 aromatic rings. The molecule has 0 aliphatic rings. The van der Waals surface area contributed by atoms with Crippen molar-refractivity contribution in [2.24, 2.45) is 77.3 Å². The van der Waals surface area contributed by atoms with E-state index in [0.717, 1.165) is 0 Å². The Labute approximate surface area is 312 Å². The molecule has 0 heterocycles. The Morgan fingerprint density at radius 2 is 0.741 bits per heavy atom. The summed E-state index contributed by atoms with van der Waals surface area (Å²) in [5, 5.41) is 19.6. The summed E-state index contributed by atoms with van der Waals surface area (Å²) in [7, 11) is 0. The monoisotopic (exact) mass is 770 g/mol. The van der Waals surface area contributed by atoms with Crippen molar-refractivity contribution in [3.05, 3.63) is 0 Å². The summed E-state index contributed by atoms with van der Waals surface area (Å²) in [5.41, 5.74) is 54.2. The lowest BCUT2D eigenvalue weighted by molar-refractivity contribution is -0.142. The molecule has 0 rings (SSSR count). The minimum atomic E-state index is -1.52. The maximum absolute atomic E-state index is 13.8. The predicted octanol–water partition coefficient (Wildman–Crippen LogP) is -7.18. The molecule has 5 atom stereocenters. The highest BCUT2D eigenvalue weighted by Crippen LogP contribution is 2.08. The molecular weight excluding hydrogens is 712 g/mol. The van der Waals surface area contributed by atoms with Crippen molar-refractivity contribution < 1.29 is 33.9 Å². The molecule has 0 bridgehead atoms. The molecule has 0 unspecified atom stereocenters. The van der Waals surface area contributed by atoms with Gasteiger partial charge in [-0.2, -0.15) is 0 Å². The number of carboxylic acids is 1. The second kappa shape index (κ2) is 26.6. The number of nitrogens with zero attached hydrogens (tertiary/aromatic N) is 4. The van der Waals surface area contributed by atoms with Crippen molar-refractivity contribution in [3.63, 3.8) is 0 Å². The number of carboxylic acid groups (broad SMARTS) is 1. The van der Waals surface area contributed by atoms with E-state index in [2.05, 4.69) is 41.2 Å². The van der Waals surface area contributed by atoms with Crippen LogP contribution in [0, 0.1) is 0 Å². The second-order valence-electron chi connectivity index (χ2n) is 12.0. The van der Waals surface area contributed by atoms with E-state index in [-0.39, 0.29) is 108 Å². The Kier molecular flexibility index (Phi) is 23.6. The highest BCUT2D eigenvalue weighted by Gasteiger charge is 2.31. The number of aliphatic carboxylic acids is 1. The van der Waals surface area contributed by atoms with Crippen molar-refractivity contribution in [3.8, 4) is 0 Å². The zero-order chi connectivity index (χ0) is 41.2. The summed E-state index contributed by atoms with van der Waals surface area (Å²) in [6, 6.07) is -6.45. The second-order valence-corrected chi connectivity index (χ2v) is 12.0. The third-order valence-corrected chi connectivity index (χ3v) is 7.33. The number of primary amides is 1. The summed E-state index contributed by atoms with van der Waals surface area (Å²) in [6.45, 7) is 0.461. The quantitative estimate of drug-likeness (QED) is 0.0200. The van der Waals surface area contributed by atoms with Crippen LogP contribution in [-0.2, 0) is 28.8 Å². The van der Waals surface area contributed by atoms with Crippen LogP contribution in [0.15, 0.2) is 20.0 Å². The van der Waals surface area contributed by atoms with Gasteiger partial charge in [-0.3, -0.25) is 43.9 Å². The number of amides is 5. The van der Waals surface area contributed by atoms with Crippen LogP contribution >= 0.6 is 0 Å². The first kappa shape index (κ1) is 47.9. The molecule has 0 aliphatic heterocycles. The van der Waals surface area contributed by atoms with E-state index in [1.807, 2.05) is 0 Å². The van der Waals surface area contributed by atoms with Crippen molar-refractivity contribution in [1.82, 2.24) is 21.3 Å². The lowest BCUT2D eigenvalue weighted by Crippen LogP contribution is -2.58. The largest absolute Gasteiger partial charge is 0.480 e. The number of carbonyl (C=O) groups is 6. The SMILES string of the molecule is NC(=O)CC[C@H](NC(=O)[C@H](CCCN=C(N)N)NC(=O)[C@H](CCCN=C(N)N)NC(=O)[C@H](CCCN=C(N)N)NC(=O)[C@@H](N)CCCN=C(N)N)C(=O)O. The predicted molar refractivity (Wildman–Crippen MR) is 201 cm³/mol. The number of nitrogens with two attached hydrogens (primary N) is 10. The van der Waals surface area contributed by atoms with E-state index >= 15 is 0 Å². The highest BCUT2D eigenvalue weighted by molar-refractivity contribution is 5.95. The van der Waals surface area contributed by atoms with Crippen molar-refractivity contribution in [2.45, 2.75) is 94.4 Å². The lowest BCUT2D eigenvalue weighted by Gasteiger charge is -2.26. The fourth-order valence-electron chi connectivity index (χ4n) is 4.61. The molecule has 0 saturated heterocycles. The molecule has 0 saturated carbocycles. The van der Waals surface area contributed by atoms with E-state index in [9.17, 15) is 33.9 Å². The Bertz CT molecular complexity index is 1360. The molecule has 0 aromatic carbocycles. The van der Waals surface area contributed by atoms with Crippen LogP contribution in [0.25, 0.3) is 0 Å². The third kappa shape index (κ3) is 23.4. The summed E-state index contributed by atoms with van der Waals surface area (Å²) >= 11 is 0. The van der Waals surface area contributed by atoms with Crippen molar-refractivity contribution in [1.29, 1.82) is 0 Å². The van der Waals surface area contributed by atoms with Gasteiger partial charge in [-0.1, -0.05) is 0 Å². The Morgan fingerprint density at radius 1 is 0.444 bits per heavy atom. The van der Waals surface area contributed by atoms with Gasteiger partial charge in [0.05, 0.1) is 6.04 Å². The van der Waals surface area contributed by atoms with Gasteiger partial charge < -0.3 is 83.7 Å². The van der Waals surface area contributed by atoms with E-state index in [1.54, 1.807) is 0 Å². The third-order valence-electron chi connectivity index (χ3n) is 7.33. The van der Waals surface area contributed by atoms with Crippen molar-refractivity contribution in [2.75, 3.05) is 26.2 Å². The van der Waals surface area contributed by atoms with Gasteiger partial charge in [-0.15, -0.1) is 0 Å². The number of nitrogens with one attached hydrogen (secondary N) is 4. The van der Waals surface area contributed by atoms with Crippen LogP contribution in [0.5, 0.6) is 0 Å². The Morgan fingerprint density at radius 3 is 1.04 bits per heavy atom. The minimum Gasteiger partial charge on any atom is -0.480 e. The zero-order valence-electron chi connectivity index (χ0n) is 30.2. The average molecular weight is 771 g/mol. The van der Waals surface area contributed by atoms with Crippen LogP contribution in [0.2, 0.25) is 0 Å². The number of carbonyl (C=O) groups excluding carboxylic acids is 5. The molecule has 25 N–H and O–H groups in total. The average Bonchev–Trinajstić information content (AvgIpc) is 3.07. The van der Waals surface area contributed by atoms with Crippen molar-refractivity contribution >= 4 is 59.3 Å². The first-order chi connectivity index (χ1) is 25.3. The molecule has 0 aromatic heterocycles. The molecule has 25 nitrogen and oxygen atoms in total. The molecule has 0 spiro atoms. The number of hydrogen-bond donors (Lipinski definition) is 15. The maximum atomic E-state index is 13.8. The van der Waals surface area contributed by atoms with Gasteiger partial charge in [0.2, 0.25) is 29.5 Å². The minimum absolute atomic E-state index is 0.0229. The summed E-state index contributed by atoms with van der Waals surface area (Å²) in [6.07, 6.45) is 0.358. The highest BCUT2D eigenvalue weighted by atomic mass is 16.4. The van der Waals surface area contributed by atoms with E-state index in [4.69, 9.17) is 57.3 Å². The molecule has 0 aliphatic carbocycles. The first-order valence-corrected chi connectivity index (χ1v) is 17.0. The van der Waals surface area contributed by atoms with Crippen LogP contribution in [0.4, 0.5) is 0 Å². The van der Waals surface area contributed by atoms with Crippen LogP contribution < -0.4 is 78.6 Å². The fourth-order valence-corrected chi connectivity index (χ4v) is 4.61. The normalized spacial score (nSPS) is 13.3. The Hall–Kier alpha value is -6.14. The number of hydrogen-bond acceptors (Lipinski definition) is 11. The smallest absolute Gasteiger partial charge is 0.326 e. The maximum Gasteiger partial charge on any atom is 0.326 e. The van der Waals surface area contributed by atoms with Gasteiger partial charge >= 0.3 is 5.97 Å². The Balaban J connectivity index is 6.32. The zero-order valence-corrected chi connectivity index (χ0v) is 30.2. The van der Waals surface area contributed by atoms with E-state index in [1.165, 1.54) is 0 Å². The molecule has 0 radical (unpaired) electrons. The molecule has 25 heteroatoms. The topological polar surface area (TPSA) is 480 Å². The van der Waals surface area contributed by atoms with Gasteiger partial charge in [-0.25, -0.2) is 4.79 Å².